The van der Waals surface area contributed by atoms with Crippen molar-refractivity contribution in [3.05, 3.63) is 41.1 Å². The van der Waals surface area contributed by atoms with E-state index in [0.717, 1.165) is 17.4 Å². The van der Waals surface area contributed by atoms with Crippen molar-refractivity contribution < 1.29 is 22.2 Å². The average molecular weight is 449 g/mol. The Kier molecular flexibility index (Phi) is 8.03. The summed E-state index contributed by atoms with van der Waals surface area (Å²) >= 11 is 1.13. The minimum atomic E-state index is -4.50. The Labute approximate surface area is 173 Å². The number of hydrogen-bond donors (Lipinski definition) is 2. The van der Waals surface area contributed by atoms with Gasteiger partial charge in [0.05, 0.1) is 5.56 Å². The Bertz CT molecular complexity index is 861. The van der Waals surface area contributed by atoms with Crippen LogP contribution in [-0.4, -0.2) is 39.7 Å². The van der Waals surface area contributed by atoms with Crippen molar-refractivity contribution in [3.8, 4) is 0 Å². The standard InChI is InChI=1S/C16H17F3N4O2S2.C2H6/c17-16(18,19)11-4-2-1-3-10(11)9-21-14(24)12-13(20)26-15(22-12)23-5-7-27(25)8-6-23;1-2/h1-4H,5-9,20H2,(H,21,24);1-2H3. The van der Waals surface area contributed by atoms with Gasteiger partial charge in [0.2, 0.25) is 0 Å². The van der Waals surface area contributed by atoms with Crippen LogP contribution in [0.2, 0.25) is 0 Å². The summed E-state index contributed by atoms with van der Waals surface area (Å²) in [6.45, 7) is 4.82. The lowest BCUT2D eigenvalue weighted by atomic mass is 10.1. The van der Waals surface area contributed by atoms with Gasteiger partial charge in [0.25, 0.3) is 5.91 Å². The van der Waals surface area contributed by atoms with Crippen LogP contribution in [0.15, 0.2) is 24.3 Å². The van der Waals surface area contributed by atoms with Crippen molar-refractivity contribution in [2.24, 2.45) is 0 Å². The van der Waals surface area contributed by atoms with E-state index in [1.807, 2.05) is 18.7 Å². The molecule has 1 saturated heterocycles. The molecule has 1 aliphatic heterocycles. The number of carbonyl (C=O) groups excluding carboxylic acids is 1. The molecule has 0 spiro atoms. The van der Waals surface area contributed by atoms with Gasteiger partial charge >= 0.3 is 6.18 Å². The predicted octanol–water partition coefficient (Wildman–Crippen LogP) is 3.27. The highest BCUT2D eigenvalue weighted by Gasteiger charge is 2.33. The highest BCUT2D eigenvalue weighted by Crippen LogP contribution is 2.32. The van der Waals surface area contributed by atoms with Crippen molar-refractivity contribution in [2.45, 2.75) is 26.6 Å². The zero-order valence-corrected chi connectivity index (χ0v) is 17.7. The van der Waals surface area contributed by atoms with Crippen molar-refractivity contribution in [1.82, 2.24) is 10.3 Å². The number of anilines is 2. The van der Waals surface area contributed by atoms with Gasteiger partial charge in [-0.25, -0.2) is 4.98 Å². The Morgan fingerprint density at radius 2 is 1.90 bits per heavy atom. The first-order valence-corrected chi connectivity index (χ1v) is 11.4. The molecule has 0 unspecified atom stereocenters. The van der Waals surface area contributed by atoms with E-state index in [2.05, 4.69) is 10.3 Å². The maximum Gasteiger partial charge on any atom is 0.416 e. The third kappa shape index (κ3) is 5.92. The van der Waals surface area contributed by atoms with Crippen LogP contribution in [0.3, 0.4) is 0 Å². The summed E-state index contributed by atoms with van der Waals surface area (Å²) in [5, 5.41) is 3.19. The van der Waals surface area contributed by atoms with Crippen LogP contribution in [0.5, 0.6) is 0 Å². The second-order valence-electron chi connectivity index (χ2n) is 5.88. The van der Waals surface area contributed by atoms with Gasteiger partial charge in [-0.15, -0.1) is 0 Å². The molecular formula is C18H23F3N4O2S2. The Morgan fingerprint density at radius 3 is 2.52 bits per heavy atom. The van der Waals surface area contributed by atoms with E-state index >= 15 is 0 Å². The largest absolute Gasteiger partial charge is 0.416 e. The SMILES string of the molecule is CC.Nc1sc(N2CCS(=O)CC2)nc1C(=O)NCc1ccccc1C(F)(F)F. The fourth-order valence-corrected chi connectivity index (χ4v) is 4.59. The molecule has 0 radical (unpaired) electrons. The summed E-state index contributed by atoms with van der Waals surface area (Å²) in [5.41, 5.74) is 5.04. The molecular weight excluding hydrogens is 425 g/mol. The van der Waals surface area contributed by atoms with E-state index in [9.17, 15) is 22.2 Å². The summed E-state index contributed by atoms with van der Waals surface area (Å²) in [6.07, 6.45) is -4.50. The zero-order chi connectivity index (χ0) is 21.6. The maximum atomic E-state index is 13.0. The molecule has 0 aliphatic carbocycles. The van der Waals surface area contributed by atoms with Crippen LogP contribution in [0.4, 0.5) is 23.3 Å². The smallest absolute Gasteiger partial charge is 0.389 e. The first-order valence-electron chi connectivity index (χ1n) is 9.05. The van der Waals surface area contributed by atoms with Gasteiger partial charge in [-0.3, -0.25) is 9.00 Å². The first kappa shape index (κ1) is 23.1. The van der Waals surface area contributed by atoms with E-state index in [1.165, 1.54) is 18.2 Å². The lowest BCUT2D eigenvalue weighted by Gasteiger charge is -2.25. The molecule has 1 aliphatic rings. The van der Waals surface area contributed by atoms with E-state index in [0.29, 0.717) is 29.7 Å². The van der Waals surface area contributed by atoms with Crippen LogP contribution in [0.1, 0.15) is 35.5 Å². The van der Waals surface area contributed by atoms with Gasteiger partial charge in [-0.1, -0.05) is 43.4 Å². The number of carbonyl (C=O) groups is 1. The average Bonchev–Trinajstić information content (AvgIpc) is 3.09. The van der Waals surface area contributed by atoms with Crippen molar-refractivity contribution in [2.75, 3.05) is 35.2 Å². The molecule has 6 nitrogen and oxygen atoms in total. The molecule has 2 heterocycles. The molecule has 1 aromatic carbocycles. The molecule has 160 valence electrons. The molecule has 2 aromatic rings. The molecule has 0 atom stereocenters. The summed E-state index contributed by atoms with van der Waals surface area (Å²) in [6, 6.07) is 5.06. The number of nitrogens with one attached hydrogen (secondary N) is 1. The van der Waals surface area contributed by atoms with Crippen LogP contribution < -0.4 is 16.0 Å². The van der Waals surface area contributed by atoms with Gasteiger partial charge in [0.15, 0.2) is 10.8 Å². The number of alkyl halides is 3. The highest BCUT2D eigenvalue weighted by atomic mass is 32.2. The maximum absolute atomic E-state index is 13.0. The summed E-state index contributed by atoms with van der Waals surface area (Å²) in [7, 11) is -0.843. The lowest BCUT2D eigenvalue weighted by Crippen LogP contribution is -2.37. The molecule has 1 amide bonds. The second-order valence-corrected chi connectivity index (χ2v) is 8.59. The van der Waals surface area contributed by atoms with Gasteiger partial charge < -0.3 is 16.0 Å². The minimum Gasteiger partial charge on any atom is -0.389 e. The van der Waals surface area contributed by atoms with Gasteiger partial charge in [0, 0.05) is 41.9 Å². The van der Waals surface area contributed by atoms with Crippen molar-refractivity contribution >= 4 is 38.2 Å². The molecule has 0 saturated carbocycles. The predicted molar refractivity (Wildman–Crippen MR) is 111 cm³/mol. The van der Waals surface area contributed by atoms with E-state index < -0.39 is 28.4 Å². The topological polar surface area (TPSA) is 88.3 Å². The van der Waals surface area contributed by atoms with Gasteiger partial charge in [-0.05, 0) is 11.6 Å². The molecule has 1 aromatic heterocycles. The number of halogens is 3. The number of hydrogen-bond acceptors (Lipinski definition) is 6. The number of nitrogen functional groups attached to an aromatic ring is 1. The Balaban J connectivity index is 0.00000145. The van der Waals surface area contributed by atoms with E-state index in [4.69, 9.17) is 5.73 Å². The first-order chi connectivity index (χ1) is 13.8. The molecule has 0 bridgehead atoms. The van der Waals surface area contributed by atoms with Gasteiger partial charge in [0.1, 0.15) is 5.00 Å². The monoisotopic (exact) mass is 448 g/mol. The third-order valence-electron chi connectivity index (χ3n) is 4.07. The van der Waals surface area contributed by atoms with Crippen LogP contribution >= 0.6 is 11.3 Å². The fourth-order valence-electron chi connectivity index (χ4n) is 2.66. The van der Waals surface area contributed by atoms with Crippen molar-refractivity contribution in [3.63, 3.8) is 0 Å². The van der Waals surface area contributed by atoms with Crippen molar-refractivity contribution in [1.29, 1.82) is 0 Å². The fraction of sp³-hybridized carbons (Fsp3) is 0.444. The van der Waals surface area contributed by atoms with E-state index in [-0.39, 0.29) is 22.8 Å². The molecule has 1 fully saturated rings. The molecule has 3 rings (SSSR count). The summed E-state index contributed by atoms with van der Waals surface area (Å²) < 4.78 is 50.5. The number of aromatic nitrogens is 1. The zero-order valence-electron chi connectivity index (χ0n) is 16.1. The summed E-state index contributed by atoms with van der Waals surface area (Å²) in [4.78, 5) is 18.5. The van der Waals surface area contributed by atoms with Crippen LogP contribution in [0.25, 0.3) is 0 Å². The van der Waals surface area contributed by atoms with E-state index in [1.54, 1.807) is 0 Å². The lowest BCUT2D eigenvalue weighted by molar-refractivity contribution is -0.138. The van der Waals surface area contributed by atoms with Gasteiger partial charge in [-0.2, -0.15) is 13.2 Å². The number of amides is 1. The highest BCUT2D eigenvalue weighted by molar-refractivity contribution is 7.85. The number of benzene rings is 1. The van der Waals surface area contributed by atoms with Crippen LogP contribution in [-0.2, 0) is 23.5 Å². The molecule has 11 heteroatoms. The number of thiazole rings is 1. The van der Waals surface area contributed by atoms with Crippen LogP contribution in [0, 0.1) is 0 Å². The number of nitrogens with zero attached hydrogens (tertiary/aromatic N) is 2. The number of rotatable bonds is 4. The minimum absolute atomic E-state index is 0.00816. The quantitative estimate of drug-likeness (QED) is 0.750. The number of nitrogens with two attached hydrogens (primary N) is 1. The summed E-state index contributed by atoms with van der Waals surface area (Å²) in [5.74, 6) is 0.414. The molecule has 3 N–H and O–H groups in total. The Hall–Kier alpha value is -2.14. The molecule has 29 heavy (non-hydrogen) atoms. The Morgan fingerprint density at radius 1 is 1.28 bits per heavy atom. The normalized spacial score (nSPS) is 14.9. The second kappa shape index (κ2) is 10.1. The third-order valence-corrected chi connectivity index (χ3v) is 6.29.